The van der Waals surface area contributed by atoms with Gasteiger partial charge in [0.2, 0.25) is 0 Å². The SMILES string of the molecule is CC(NC1CCN2CCCC2C1)c1cc(F)c(Cl)cc1Cl. The first-order valence-corrected chi connectivity index (χ1v) is 8.44. The highest BCUT2D eigenvalue weighted by Crippen LogP contribution is 2.31. The second-order valence-corrected chi connectivity index (χ2v) is 7.04. The molecule has 3 atom stereocenters. The molecule has 0 spiro atoms. The quantitative estimate of drug-likeness (QED) is 0.826. The molecule has 1 aromatic rings. The zero-order valence-electron chi connectivity index (χ0n) is 12.2. The Balaban J connectivity index is 1.66. The molecule has 3 unspecified atom stereocenters. The van der Waals surface area contributed by atoms with Crippen LogP contribution in [0.15, 0.2) is 12.1 Å². The minimum absolute atomic E-state index is 0.0298. The Morgan fingerprint density at radius 1 is 1.24 bits per heavy atom. The second-order valence-electron chi connectivity index (χ2n) is 6.23. The topological polar surface area (TPSA) is 15.3 Å². The lowest BCUT2D eigenvalue weighted by molar-refractivity contribution is 0.162. The summed E-state index contributed by atoms with van der Waals surface area (Å²) in [7, 11) is 0. The Morgan fingerprint density at radius 3 is 2.86 bits per heavy atom. The van der Waals surface area contributed by atoms with Gasteiger partial charge in [0.25, 0.3) is 0 Å². The average molecular weight is 331 g/mol. The normalized spacial score (nSPS) is 27.6. The highest BCUT2D eigenvalue weighted by atomic mass is 35.5. The van der Waals surface area contributed by atoms with Crippen LogP contribution in [-0.2, 0) is 0 Å². The van der Waals surface area contributed by atoms with E-state index in [1.54, 1.807) is 0 Å². The van der Waals surface area contributed by atoms with E-state index in [1.165, 1.54) is 37.9 Å². The highest BCUT2D eigenvalue weighted by molar-refractivity contribution is 6.35. The Hall–Kier alpha value is -0.350. The van der Waals surface area contributed by atoms with Crippen LogP contribution in [0.3, 0.4) is 0 Å². The molecule has 2 fully saturated rings. The molecule has 21 heavy (non-hydrogen) atoms. The number of nitrogens with one attached hydrogen (secondary N) is 1. The maximum absolute atomic E-state index is 13.6. The smallest absolute Gasteiger partial charge is 0.142 e. The zero-order chi connectivity index (χ0) is 15.0. The second kappa shape index (κ2) is 6.41. The number of halogens is 3. The number of hydrogen-bond acceptors (Lipinski definition) is 2. The molecule has 2 saturated heterocycles. The first-order valence-electron chi connectivity index (χ1n) is 7.69. The van der Waals surface area contributed by atoms with E-state index in [0.717, 1.165) is 24.6 Å². The number of benzene rings is 1. The third-order valence-electron chi connectivity index (χ3n) is 4.81. The largest absolute Gasteiger partial charge is 0.307 e. The summed E-state index contributed by atoms with van der Waals surface area (Å²) in [6.45, 7) is 4.45. The first kappa shape index (κ1) is 15.5. The summed E-state index contributed by atoms with van der Waals surface area (Å²) < 4.78 is 13.6. The van der Waals surface area contributed by atoms with Gasteiger partial charge in [0, 0.05) is 23.1 Å². The van der Waals surface area contributed by atoms with Crippen LogP contribution >= 0.6 is 23.2 Å². The number of hydrogen-bond donors (Lipinski definition) is 1. The minimum Gasteiger partial charge on any atom is -0.307 e. The number of rotatable bonds is 3. The fourth-order valence-corrected chi connectivity index (χ4v) is 4.24. The van der Waals surface area contributed by atoms with Gasteiger partial charge in [-0.25, -0.2) is 4.39 Å². The van der Waals surface area contributed by atoms with Gasteiger partial charge in [-0.2, -0.15) is 0 Å². The van der Waals surface area contributed by atoms with Gasteiger partial charge < -0.3 is 10.2 Å². The molecule has 2 heterocycles. The van der Waals surface area contributed by atoms with Crippen molar-refractivity contribution in [3.63, 3.8) is 0 Å². The Bertz CT molecular complexity index is 523. The van der Waals surface area contributed by atoms with E-state index in [4.69, 9.17) is 23.2 Å². The van der Waals surface area contributed by atoms with Gasteiger partial charge in [0.05, 0.1) is 5.02 Å². The lowest BCUT2D eigenvalue weighted by atomic mass is 9.96. The Labute approximate surface area is 135 Å². The van der Waals surface area contributed by atoms with E-state index in [0.29, 0.717) is 11.1 Å². The third-order valence-corrected chi connectivity index (χ3v) is 5.43. The van der Waals surface area contributed by atoms with Gasteiger partial charge in [-0.05, 0) is 63.4 Å². The molecule has 2 aliphatic rings. The van der Waals surface area contributed by atoms with Crippen molar-refractivity contribution in [2.24, 2.45) is 0 Å². The van der Waals surface area contributed by atoms with Crippen LogP contribution in [0.1, 0.15) is 44.2 Å². The zero-order valence-corrected chi connectivity index (χ0v) is 13.7. The monoisotopic (exact) mass is 330 g/mol. The van der Waals surface area contributed by atoms with E-state index in [-0.39, 0.29) is 11.1 Å². The number of nitrogens with zero attached hydrogens (tertiary/aromatic N) is 1. The number of fused-ring (bicyclic) bond motifs is 1. The third kappa shape index (κ3) is 3.37. The van der Waals surface area contributed by atoms with Crippen LogP contribution < -0.4 is 5.32 Å². The summed E-state index contributed by atoms with van der Waals surface area (Å²) in [5, 5.41) is 4.22. The molecule has 0 aliphatic carbocycles. The lowest BCUT2D eigenvalue weighted by Gasteiger charge is -2.36. The van der Waals surface area contributed by atoms with E-state index in [9.17, 15) is 4.39 Å². The van der Waals surface area contributed by atoms with E-state index in [1.807, 2.05) is 6.92 Å². The van der Waals surface area contributed by atoms with Crippen molar-refractivity contribution in [3.05, 3.63) is 33.6 Å². The summed E-state index contributed by atoms with van der Waals surface area (Å²) in [5.41, 5.74) is 0.785. The summed E-state index contributed by atoms with van der Waals surface area (Å²) in [4.78, 5) is 2.60. The fourth-order valence-electron chi connectivity index (χ4n) is 3.69. The summed E-state index contributed by atoms with van der Waals surface area (Å²) in [5.74, 6) is -0.407. The molecule has 0 bridgehead atoms. The Kier molecular flexibility index (Phi) is 4.75. The van der Waals surface area contributed by atoms with Crippen molar-refractivity contribution < 1.29 is 4.39 Å². The fraction of sp³-hybridized carbons (Fsp3) is 0.625. The van der Waals surface area contributed by atoms with Crippen molar-refractivity contribution in [3.8, 4) is 0 Å². The van der Waals surface area contributed by atoms with Crippen LogP contribution in [0, 0.1) is 5.82 Å². The van der Waals surface area contributed by atoms with Gasteiger partial charge in [-0.1, -0.05) is 23.2 Å². The summed E-state index contributed by atoms with van der Waals surface area (Å²) in [6, 6.07) is 4.18. The molecule has 3 rings (SSSR count). The number of piperidine rings is 1. The molecule has 2 nitrogen and oxygen atoms in total. The maximum Gasteiger partial charge on any atom is 0.142 e. The molecule has 1 N–H and O–H groups in total. The van der Waals surface area contributed by atoms with Crippen molar-refractivity contribution in [2.45, 2.75) is 50.7 Å². The van der Waals surface area contributed by atoms with Crippen molar-refractivity contribution in [2.75, 3.05) is 13.1 Å². The molecule has 116 valence electrons. The van der Waals surface area contributed by atoms with Crippen LogP contribution in [-0.4, -0.2) is 30.1 Å². The van der Waals surface area contributed by atoms with Gasteiger partial charge in [-0.15, -0.1) is 0 Å². The maximum atomic E-state index is 13.6. The van der Waals surface area contributed by atoms with Crippen LogP contribution in [0.25, 0.3) is 0 Å². The van der Waals surface area contributed by atoms with Gasteiger partial charge in [0.1, 0.15) is 5.82 Å². The van der Waals surface area contributed by atoms with Crippen LogP contribution in [0.5, 0.6) is 0 Å². The molecule has 0 radical (unpaired) electrons. The van der Waals surface area contributed by atoms with E-state index in [2.05, 4.69) is 10.2 Å². The molecule has 0 amide bonds. The average Bonchev–Trinajstić information content (AvgIpc) is 2.90. The van der Waals surface area contributed by atoms with E-state index >= 15 is 0 Å². The van der Waals surface area contributed by atoms with E-state index < -0.39 is 5.82 Å². The highest BCUT2D eigenvalue weighted by Gasteiger charge is 2.32. The van der Waals surface area contributed by atoms with Crippen LogP contribution in [0.4, 0.5) is 4.39 Å². The Morgan fingerprint density at radius 2 is 2.05 bits per heavy atom. The standard InChI is InChI=1S/C16H21Cl2FN2/c1-10(13-8-16(19)15(18)9-14(13)17)20-11-4-6-21-5-2-3-12(21)7-11/h8-12,20H,2-7H2,1H3. The predicted octanol–water partition coefficient (Wildman–Crippen LogP) is 4.41. The molecule has 1 aromatic carbocycles. The van der Waals surface area contributed by atoms with Gasteiger partial charge >= 0.3 is 0 Å². The predicted molar refractivity (Wildman–Crippen MR) is 85.6 cm³/mol. The van der Waals surface area contributed by atoms with Gasteiger partial charge in [0.15, 0.2) is 0 Å². The van der Waals surface area contributed by atoms with Gasteiger partial charge in [-0.3, -0.25) is 0 Å². The van der Waals surface area contributed by atoms with Crippen molar-refractivity contribution >= 4 is 23.2 Å². The lowest BCUT2D eigenvalue weighted by Crippen LogP contribution is -2.46. The molecule has 0 aromatic heterocycles. The minimum atomic E-state index is -0.407. The van der Waals surface area contributed by atoms with Crippen molar-refractivity contribution in [1.29, 1.82) is 0 Å². The van der Waals surface area contributed by atoms with Crippen molar-refractivity contribution in [1.82, 2.24) is 10.2 Å². The molecule has 0 saturated carbocycles. The summed E-state index contributed by atoms with van der Waals surface area (Å²) in [6.07, 6.45) is 4.95. The molecular formula is C16H21Cl2FN2. The van der Waals surface area contributed by atoms with Crippen LogP contribution in [0.2, 0.25) is 10.0 Å². The summed E-state index contributed by atoms with van der Waals surface area (Å²) >= 11 is 12.0. The molecular weight excluding hydrogens is 310 g/mol. The molecule has 2 aliphatic heterocycles. The first-order chi connectivity index (χ1) is 10.0. The molecule has 5 heteroatoms.